The standard InChI is InChI=1S/C28H39NO6/c1-17(2)16-34-22-12-11-19(15-23(22)32-5)25-24-26(30)20-9-6-7-10-21(20)35-27(24)28(31)29(25)13-8-14-33-18(3)4/h11-12,15,17-18,20-21,25H,6-10,13-14,16H2,1-5H3. The van der Waals surface area contributed by atoms with Crippen LogP contribution in [0, 0.1) is 11.8 Å². The topological polar surface area (TPSA) is 74.3 Å². The number of rotatable bonds is 10. The normalized spacial score (nSPS) is 24.1. The zero-order valence-electron chi connectivity index (χ0n) is 21.7. The lowest BCUT2D eigenvalue weighted by Gasteiger charge is -2.35. The van der Waals surface area contributed by atoms with Crippen LogP contribution in [0.1, 0.15) is 71.4 Å². The Kier molecular flexibility index (Phi) is 8.05. The predicted molar refractivity (Wildman–Crippen MR) is 132 cm³/mol. The van der Waals surface area contributed by atoms with Crippen molar-refractivity contribution in [1.82, 2.24) is 4.90 Å². The summed E-state index contributed by atoms with van der Waals surface area (Å²) in [5, 5.41) is 0. The molecule has 1 aliphatic carbocycles. The average molecular weight is 486 g/mol. The van der Waals surface area contributed by atoms with Gasteiger partial charge in [-0.25, -0.2) is 0 Å². The van der Waals surface area contributed by atoms with Crippen LogP contribution in [0.5, 0.6) is 11.5 Å². The fourth-order valence-electron chi connectivity index (χ4n) is 5.25. The molecule has 0 bridgehead atoms. The molecule has 2 heterocycles. The number of benzene rings is 1. The van der Waals surface area contributed by atoms with E-state index in [2.05, 4.69) is 13.8 Å². The zero-order chi connectivity index (χ0) is 25.1. The fraction of sp³-hybridized carbons (Fsp3) is 0.643. The van der Waals surface area contributed by atoms with Gasteiger partial charge in [0.15, 0.2) is 23.0 Å². The SMILES string of the molecule is COc1cc(C2C3=C(OC4CCCCC4C3=O)C(=O)N2CCCOC(C)C)ccc1OCC(C)C. The largest absolute Gasteiger partial charge is 0.493 e. The minimum atomic E-state index is -0.500. The van der Waals surface area contributed by atoms with Crippen LogP contribution in [-0.4, -0.2) is 55.7 Å². The number of nitrogens with zero attached hydrogens (tertiary/aromatic N) is 1. The van der Waals surface area contributed by atoms with E-state index < -0.39 is 6.04 Å². The molecule has 7 nitrogen and oxygen atoms in total. The Morgan fingerprint density at radius 2 is 1.86 bits per heavy atom. The van der Waals surface area contributed by atoms with E-state index in [1.54, 1.807) is 12.0 Å². The monoisotopic (exact) mass is 485 g/mol. The fourth-order valence-corrected chi connectivity index (χ4v) is 5.25. The minimum Gasteiger partial charge on any atom is -0.493 e. The predicted octanol–water partition coefficient (Wildman–Crippen LogP) is 4.84. The van der Waals surface area contributed by atoms with Crippen molar-refractivity contribution >= 4 is 11.7 Å². The first-order chi connectivity index (χ1) is 16.8. The zero-order valence-corrected chi connectivity index (χ0v) is 21.7. The number of carbonyl (C=O) groups is 2. The highest BCUT2D eigenvalue weighted by Gasteiger charge is 2.51. The summed E-state index contributed by atoms with van der Waals surface area (Å²) < 4.78 is 23.5. The molecule has 7 heteroatoms. The Bertz CT molecular complexity index is 968. The molecule has 1 saturated carbocycles. The minimum absolute atomic E-state index is 0.0642. The third kappa shape index (κ3) is 5.35. The van der Waals surface area contributed by atoms with Gasteiger partial charge >= 0.3 is 0 Å². The second kappa shape index (κ2) is 11.0. The third-order valence-corrected chi connectivity index (χ3v) is 6.93. The van der Waals surface area contributed by atoms with Crippen molar-refractivity contribution in [2.45, 2.75) is 78.0 Å². The van der Waals surface area contributed by atoms with E-state index in [9.17, 15) is 9.59 Å². The quantitative estimate of drug-likeness (QED) is 0.442. The van der Waals surface area contributed by atoms with E-state index in [1.807, 2.05) is 32.0 Å². The lowest BCUT2D eigenvalue weighted by Crippen LogP contribution is -2.39. The van der Waals surface area contributed by atoms with E-state index >= 15 is 0 Å². The molecule has 3 unspecified atom stereocenters. The summed E-state index contributed by atoms with van der Waals surface area (Å²) in [7, 11) is 1.61. The maximum absolute atomic E-state index is 13.7. The summed E-state index contributed by atoms with van der Waals surface area (Å²) in [6.45, 7) is 9.76. The van der Waals surface area contributed by atoms with Crippen LogP contribution in [0.3, 0.4) is 0 Å². The van der Waals surface area contributed by atoms with Crippen LogP contribution in [0.4, 0.5) is 0 Å². The first kappa shape index (κ1) is 25.5. The number of amides is 1. The molecule has 192 valence electrons. The molecule has 35 heavy (non-hydrogen) atoms. The second-order valence-electron chi connectivity index (χ2n) is 10.4. The highest BCUT2D eigenvalue weighted by molar-refractivity contribution is 6.11. The van der Waals surface area contributed by atoms with Crippen molar-refractivity contribution in [3.8, 4) is 11.5 Å². The van der Waals surface area contributed by atoms with Crippen LogP contribution < -0.4 is 9.47 Å². The van der Waals surface area contributed by atoms with Crippen LogP contribution in [0.2, 0.25) is 0 Å². The van der Waals surface area contributed by atoms with Gasteiger partial charge in [0.25, 0.3) is 5.91 Å². The molecule has 3 atom stereocenters. The third-order valence-electron chi connectivity index (χ3n) is 6.93. The highest BCUT2D eigenvalue weighted by atomic mass is 16.5. The van der Waals surface area contributed by atoms with Crippen molar-refractivity contribution in [2.24, 2.45) is 11.8 Å². The van der Waals surface area contributed by atoms with Crippen molar-refractivity contribution in [3.05, 3.63) is 35.1 Å². The van der Waals surface area contributed by atoms with E-state index in [0.717, 1.165) is 31.2 Å². The molecule has 3 aliphatic rings. The van der Waals surface area contributed by atoms with E-state index in [0.29, 0.717) is 49.2 Å². The van der Waals surface area contributed by atoms with Gasteiger partial charge in [-0.2, -0.15) is 0 Å². The van der Waals surface area contributed by atoms with Crippen molar-refractivity contribution in [1.29, 1.82) is 0 Å². The number of methoxy groups -OCH3 is 1. The summed E-state index contributed by atoms with van der Waals surface area (Å²) in [5.41, 5.74) is 1.33. The van der Waals surface area contributed by atoms with Gasteiger partial charge in [-0.3, -0.25) is 9.59 Å². The second-order valence-corrected chi connectivity index (χ2v) is 10.4. The maximum Gasteiger partial charge on any atom is 0.290 e. The average Bonchev–Trinajstić information content (AvgIpc) is 3.12. The molecular formula is C28H39NO6. The lowest BCUT2D eigenvalue weighted by molar-refractivity contribution is -0.135. The molecule has 0 spiro atoms. The maximum atomic E-state index is 13.7. The Hall–Kier alpha value is -2.54. The van der Waals surface area contributed by atoms with Crippen LogP contribution in [-0.2, 0) is 19.1 Å². The molecule has 1 aromatic carbocycles. The number of hydrogen-bond donors (Lipinski definition) is 0. The van der Waals surface area contributed by atoms with Gasteiger partial charge < -0.3 is 23.8 Å². The van der Waals surface area contributed by atoms with E-state index in [-0.39, 0.29) is 35.6 Å². The molecule has 0 N–H and O–H groups in total. The summed E-state index contributed by atoms with van der Waals surface area (Å²) in [4.78, 5) is 29.1. The van der Waals surface area contributed by atoms with Crippen molar-refractivity contribution in [2.75, 3.05) is 26.9 Å². The molecule has 0 saturated heterocycles. The molecule has 0 radical (unpaired) electrons. The van der Waals surface area contributed by atoms with Gasteiger partial charge in [-0.05, 0) is 63.1 Å². The van der Waals surface area contributed by atoms with Crippen LogP contribution in [0.15, 0.2) is 29.5 Å². The molecular weight excluding hydrogens is 446 g/mol. The molecule has 1 amide bonds. The molecule has 2 aliphatic heterocycles. The Labute approximate surface area is 208 Å². The van der Waals surface area contributed by atoms with Gasteiger partial charge in [-0.15, -0.1) is 0 Å². The summed E-state index contributed by atoms with van der Waals surface area (Å²) in [6, 6.07) is 5.20. The number of carbonyl (C=O) groups excluding carboxylic acids is 2. The molecule has 0 aromatic heterocycles. The Morgan fingerprint density at radius 1 is 1.09 bits per heavy atom. The molecule has 1 fully saturated rings. The van der Waals surface area contributed by atoms with Crippen LogP contribution >= 0.6 is 0 Å². The van der Waals surface area contributed by atoms with E-state index in [1.165, 1.54) is 0 Å². The van der Waals surface area contributed by atoms with Gasteiger partial charge in [0.1, 0.15) is 6.10 Å². The highest BCUT2D eigenvalue weighted by Crippen LogP contribution is 2.47. The number of Topliss-reactive ketones (excluding diaryl/α,β-unsaturated/α-hetero) is 1. The lowest BCUT2D eigenvalue weighted by atomic mass is 9.77. The number of ketones is 1. The number of fused-ring (bicyclic) bond motifs is 1. The number of ether oxygens (including phenoxy) is 4. The Balaban J connectivity index is 1.67. The van der Waals surface area contributed by atoms with E-state index in [4.69, 9.17) is 18.9 Å². The summed E-state index contributed by atoms with van der Waals surface area (Å²) in [5.74, 6) is 1.56. The summed E-state index contributed by atoms with van der Waals surface area (Å²) in [6.07, 6.45) is 4.29. The first-order valence-corrected chi connectivity index (χ1v) is 13.0. The smallest absolute Gasteiger partial charge is 0.290 e. The van der Waals surface area contributed by atoms with Gasteiger partial charge in [0, 0.05) is 13.2 Å². The first-order valence-electron chi connectivity index (χ1n) is 13.0. The Morgan fingerprint density at radius 3 is 2.57 bits per heavy atom. The van der Waals surface area contributed by atoms with Crippen LogP contribution in [0.25, 0.3) is 0 Å². The van der Waals surface area contributed by atoms with Crippen molar-refractivity contribution in [3.63, 3.8) is 0 Å². The molecule has 4 rings (SSSR count). The summed E-state index contributed by atoms with van der Waals surface area (Å²) >= 11 is 0. The number of hydrogen-bond acceptors (Lipinski definition) is 6. The van der Waals surface area contributed by atoms with Gasteiger partial charge in [0.05, 0.1) is 37.4 Å². The van der Waals surface area contributed by atoms with Gasteiger partial charge in [-0.1, -0.05) is 26.3 Å². The molecule has 1 aromatic rings. The van der Waals surface area contributed by atoms with Crippen molar-refractivity contribution < 1.29 is 28.5 Å². The van der Waals surface area contributed by atoms with Gasteiger partial charge in [0.2, 0.25) is 0 Å².